The fourth-order valence-corrected chi connectivity index (χ4v) is 6.76. The summed E-state index contributed by atoms with van der Waals surface area (Å²) in [7, 11) is 0. The molecule has 1 aromatic heterocycles. The van der Waals surface area contributed by atoms with E-state index in [-0.39, 0.29) is 0 Å². The molecular formula is C42H27NO. The quantitative estimate of drug-likeness (QED) is 0.199. The normalized spacial score (nSPS) is 11.6. The first-order valence-corrected chi connectivity index (χ1v) is 15.0. The van der Waals surface area contributed by atoms with Crippen LogP contribution in [-0.2, 0) is 0 Å². The van der Waals surface area contributed by atoms with Crippen molar-refractivity contribution in [2.24, 2.45) is 0 Å². The molecule has 2 heteroatoms. The second-order valence-electron chi connectivity index (χ2n) is 11.4. The maximum absolute atomic E-state index is 6.37. The molecule has 0 aliphatic rings. The highest BCUT2D eigenvalue weighted by molar-refractivity contribution is 6.23. The molecule has 0 N–H and O–H groups in total. The Morgan fingerprint density at radius 2 is 0.977 bits per heavy atom. The van der Waals surface area contributed by atoms with Crippen LogP contribution in [0.15, 0.2) is 168 Å². The molecule has 8 aromatic carbocycles. The van der Waals surface area contributed by atoms with Crippen molar-refractivity contribution >= 4 is 71.3 Å². The van der Waals surface area contributed by atoms with Crippen molar-refractivity contribution in [3.63, 3.8) is 0 Å². The van der Waals surface area contributed by atoms with Gasteiger partial charge in [0.15, 0.2) is 0 Å². The Morgan fingerprint density at radius 1 is 0.364 bits per heavy atom. The Labute approximate surface area is 255 Å². The monoisotopic (exact) mass is 561 g/mol. The topological polar surface area (TPSA) is 16.4 Å². The van der Waals surface area contributed by atoms with E-state index < -0.39 is 0 Å². The summed E-state index contributed by atoms with van der Waals surface area (Å²) in [5.41, 5.74) is 7.45. The molecule has 0 spiro atoms. The SMILES string of the molecule is c1ccc(-c2ccc(N(c3ccc4c(c3)oc3ccccc34)c3cc4ccc5ccccc5c4c4ccccc34)cc2)cc1. The van der Waals surface area contributed by atoms with Gasteiger partial charge in [-0.25, -0.2) is 0 Å². The molecule has 9 rings (SSSR count). The number of rotatable bonds is 4. The molecule has 0 aliphatic carbocycles. The summed E-state index contributed by atoms with van der Waals surface area (Å²) in [5.74, 6) is 0. The number of anilines is 3. The molecule has 206 valence electrons. The fourth-order valence-electron chi connectivity index (χ4n) is 6.76. The standard InChI is InChI=1S/C42H27NO/c1-2-10-28(11-3-1)29-20-22-32(23-21-29)43(33-24-25-37-36-15-8-9-17-40(36)44-41(37)27-33)39-26-31-19-18-30-12-4-5-13-34(30)42(31)38-16-7-6-14-35(38)39/h1-27H. The van der Waals surface area contributed by atoms with E-state index in [1.54, 1.807) is 0 Å². The lowest BCUT2D eigenvalue weighted by atomic mass is 9.94. The van der Waals surface area contributed by atoms with Gasteiger partial charge in [0.1, 0.15) is 11.2 Å². The van der Waals surface area contributed by atoms with Crippen LogP contribution in [0.25, 0.3) is 65.4 Å². The number of benzene rings is 8. The number of fused-ring (bicyclic) bond motifs is 8. The third-order valence-corrected chi connectivity index (χ3v) is 8.82. The third-order valence-electron chi connectivity index (χ3n) is 8.82. The molecule has 0 atom stereocenters. The summed E-state index contributed by atoms with van der Waals surface area (Å²) in [5, 5.41) is 9.73. The van der Waals surface area contributed by atoms with Gasteiger partial charge in [0.25, 0.3) is 0 Å². The molecule has 44 heavy (non-hydrogen) atoms. The van der Waals surface area contributed by atoms with E-state index in [2.05, 4.69) is 157 Å². The summed E-state index contributed by atoms with van der Waals surface area (Å²) in [4.78, 5) is 2.37. The molecule has 0 saturated carbocycles. The second-order valence-corrected chi connectivity index (χ2v) is 11.4. The Bertz CT molecular complexity index is 2490. The van der Waals surface area contributed by atoms with Gasteiger partial charge >= 0.3 is 0 Å². The molecule has 9 aromatic rings. The summed E-state index contributed by atoms with van der Waals surface area (Å²) >= 11 is 0. The maximum Gasteiger partial charge on any atom is 0.137 e. The molecule has 2 nitrogen and oxygen atoms in total. The number of furan rings is 1. The lowest BCUT2D eigenvalue weighted by Crippen LogP contribution is -2.10. The van der Waals surface area contributed by atoms with E-state index in [9.17, 15) is 0 Å². The third kappa shape index (κ3) is 3.89. The van der Waals surface area contributed by atoms with E-state index >= 15 is 0 Å². The molecular weight excluding hydrogens is 534 g/mol. The van der Waals surface area contributed by atoms with Gasteiger partial charge in [-0.05, 0) is 74.5 Å². The molecule has 0 bridgehead atoms. The van der Waals surface area contributed by atoms with Crippen LogP contribution in [0, 0.1) is 0 Å². The number of nitrogens with zero attached hydrogens (tertiary/aromatic N) is 1. The van der Waals surface area contributed by atoms with Crippen molar-refractivity contribution in [1.82, 2.24) is 0 Å². The highest BCUT2D eigenvalue weighted by Crippen LogP contribution is 2.45. The number of hydrogen-bond donors (Lipinski definition) is 0. The predicted octanol–water partition coefficient (Wildman–Crippen LogP) is 12.2. The molecule has 0 aliphatic heterocycles. The maximum atomic E-state index is 6.37. The first-order chi connectivity index (χ1) is 21.8. The number of para-hydroxylation sites is 1. The van der Waals surface area contributed by atoms with E-state index in [1.807, 2.05) is 12.1 Å². The zero-order chi connectivity index (χ0) is 29.0. The lowest BCUT2D eigenvalue weighted by Gasteiger charge is -2.28. The minimum Gasteiger partial charge on any atom is -0.456 e. The highest BCUT2D eigenvalue weighted by atomic mass is 16.3. The molecule has 0 fully saturated rings. The van der Waals surface area contributed by atoms with Crippen LogP contribution in [0.5, 0.6) is 0 Å². The minimum absolute atomic E-state index is 0.880. The van der Waals surface area contributed by atoms with Crippen molar-refractivity contribution in [2.75, 3.05) is 4.90 Å². The Kier molecular flexibility index (Phi) is 5.54. The average Bonchev–Trinajstić information content (AvgIpc) is 3.47. The zero-order valence-electron chi connectivity index (χ0n) is 23.9. The largest absolute Gasteiger partial charge is 0.456 e. The van der Waals surface area contributed by atoms with E-state index in [4.69, 9.17) is 4.42 Å². The molecule has 0 amide bonds. The Morgan fingerprint density at radius 3 is 1.82 bits per heavy atom. The predicted molar refractivity (Wildman–Crippen MR) is 186 cm³/mol. The highest BCUT2D eigenvalue weighted by Gasteiger charge is 2.20. The van der Waals surface area contributed by atoms with Crippen molar-refractivity contribution in [3.05, 3.63) is 164 Å². The van der Waals surface area contributed by atoms with E-state index in [1.165, 1.54) is 43.4 Å². The minimum atomic E-state index is 0.880. The zero-order valence-corrected chi connectivity index (χ0v) is 23.9. The first kappa shape index (κ1) is 24.7. The first-order valence-electron chi connectivity index (χ1n) is 15.0. The van der Waals surface area contributed by atoms with Crippen molar-refractivity contribution in [3.8, 4) is 11.1 Å². The van der Waals surface area contributed by atoms with Crippen LogP contribution in [0.4, 0.5) is 17.1 Å². The van der Waals surface area contributed by atoms with Crippen LogP contribution in [0.3, 0.4) is 0 Å². The van der Waals surface area contributed by atoms with Gasteiger partial charge < -0.3 is 9.32 Å². The van der Waals surface area contributed by atoms with Crippen molar-refractivity contribution in [1.29, 1.82) is 0 Å². The van der Waals surface area contributed by atoms with Crippen molar-refractivity contribution in [2.45, 2.75) is 0 Å². The van der Waals surface area contributed by atoms with Gasteiger partial charge in [-0.3, -0.25) is 0 Å². The second kappa shape index (κ2) is 9.86. The van der Waals surface area contributed by atoms with Gasteiger partial charge in [-0.1, -0.05) is 121 Å². The van der Waals surface area contributed by atoms with Gasteiger partial charge in [-0.2, -0.15) is 0 Å². The molecule has 1 heterocycles. The molecule has 0 radical (unpaired) electrons. The average molecular weight is 562 g/mol. The molecule has 0 unspecified atom stereocenters. The summed E-state index contributed by atoms with van der Waals surface area (Å²) < 4.78 is 6.37. The van der Waals surface area contributed by atoms with Gasteiger partial charge in [0.2, 0.25) is 0 Å². The van der Waals surface area contributed by atoms with E-state index in [0.29, 0.717) is 0 Å². The van der Waals surface area contributed by atoms with Crippen molar-refractivity contribution < 1.29 is 4.42 Å². The lowest BCUT2D eigenvalue weighted by molar-refractivity contribution is 0.669. The van der Waals surface area contributed by atoms with Gasteiger partial charge in [0, 0.05) is 33.6 Å². The van der Waals surface area contributed by atoms with E-state index in [0.717, 1.165) is 39.0 Å². The molecule has 0 saturated heterocycles. The smallest absolute Gasteiger partial charge is 0.137 e. The summed E-state index contributed by atoms with van der Waals surface area (Å²) in [6.07, 6.45) is 0. The van der Waals surface area contributed by atoms with Gasteiger partial charge in [0.05, 0.1) is 5.69 Å². The Balaban J connectivity index is 1.32. The van der Waals surface area contributed by atoms with Crippen LogP contribution in [0.2, 0.25) is 0 Å². The number of hydrogen-bond acceptors (Lipinski definition) is 2. The van der Waals surface area contributed by atoms with Crippen LogP contribution in [-0.4, -0.2) is 0 Å². The van der Waals surface area contributed by atoms with Crippen LogP contribution in [0.1, 0.15) is 0 Å². The van der Waals surface area contributed by atoms with Gasteiger partial charge in [-0.15, -0.1) is 0 Å². The van der Waals surface area contributed by atoms with Crippen LogP contribution < -0.4 is 4.90 Å². The van der Waals surface area contributed by atoms with Crippen LogP contribution >= 0.6 is 0 Å². The fraction of sp³-hybridized carbons (Fsp3) is 0. The summed E-state index contributed by atoms with van der Waals surface area (Å²) in [6, 6.07) is 58.6. The summed E-state index contributed by atoms with van der Waals surface area (Å²) in [6.45, 7) is 0. The Hall–Kier alpha value is -5.86.